The maximum Gasteiger partial charge on any atom is 0.251 e. The zero-order valence-electron chi connectivity index (χ0n) is 14.3. The highest BCUT2D eigenvalue weighted by atomic mass is 19.2. The van der Waals surface area contributed by atoms with Gasteiger partial charge >= 0.3 is 0 Å². The van der Waals surface area contributed by atoms with E-state index in [2.05, 4.69) is 10.3 Å². The molecule has 1 aromatic heterocycles. The van der Waals surface area contributed by atoms with E-state index in [0.29, 0.717) is 16.9 Å². The van der Waals surface area contributed by atoms with Crippen LogP contribution >= 0.6 is 0 Å². The number of hydrogen-bond acceptors (Lipinski definition) is 3. The molecule has 5 nitrogen and oxygen atoms in total. The van der Waals surface area contributed by atoms with Crippen LogP contribution in [0.1, 0.15) is 21.6 Å². The molecule has 3 rings (SSSR count). The van der Waals surface area contributed by atoms with Crippen molar-refractivity contribution in [3.8, 4) is 11.4 Å². The normalized spacial score (nSPS) is 10.6. The van der Waals surface area contributed by atoms with Crippen molar-refractivity contribution in [2.24, 2.45) is 0 Å². The molecule has 0 saturated carbocycles. The van der Waals surface area contributed by atoms with E-state index >= 15 is 0 Å². The first kappa shape index (κ1) is 17.6. The van der Waals surface area contributed by atoms with Crippen LogP contribution in [-0.4, -0.2) is 22.6 Å². The first-order valence-corrected chi connectivity index (χ1v) is 7.89. The van der Waals surface area contributed by atoms with E-state index < -0.39 is 11.6 Å². The Morgan fingerprint density at radius 2 is 2.00 bits per heavy atom. The molecule has 1 amide bonds. The second-order valence-electron chi connectivity index (χ2n) is 5.74. The van der Waals surface area contributed by atoms with E-state index in [1.165, 1.54) is 13.2 Å². The van der Waals surface area contributed by atoms with Crippen LogP contribution < -0.4 is 10.1 Å². The fourth-order valence-electron chi connectivity index (χ4n) is 2.52. The molecule has 26 heavy (non-hydrogen) atoms. The number of ether oxygens (including phenoxy) is 1. The molecular formula is C19H17F2N3O2. The number of carbonyl (C=O) groups is 1. The second kappa shape index (κ2) is 7.35. The molecule has 0 fully saturated rings. The Kier molecular flexibility index (Phi) is 4.97. The van der Waals surface area contributed by atoms with E-state index in [9.17, 15) is 13.6 Å². The molecule has 0 radical (unpaired) electrons. The number of rotatable bonds is 5. The number of nitrogens with one attached hydrogen (secondary N) is 1. The third-order valence-electron chi connectivity index (χ3n) is 3.87. The number of amides is 1. The second-order valence-corrected chi connectivity index (χ2v) is 5.74. The van der Waals surface area contributed by atoms with Crippen molar-refractivity contribution in [2.45, 2.75) is 13.5 Å². The van der Waals surface area contributed by atoms with Crippen LogP contribution in [0.3, 0.4) is 0 Å². The van der Waals surface area contributed by atoms with Crippen molar-refractivity contribution < 1.29 is 18.3 Å². The minimum absolute atomic E-state index is 0.0841. The lowest BCUT2D eigenvalue weighted by atomic mass is 10.1. The summed E-state index contributed by atoms with van der Waals surface area (Å²) in [5, 5.41) is 2.67. The molecule has 1 N–H and O–H groups in total. The van der Waals surface area contributed by atoms with Crippen LogP contribution in [0.4, 0.5) is 8.78 Å². The summed E-state index contributed by atoms with van der Waals surface area (Å²) in [6.45, 7) is 1.96. The van der Waals surface area contributed by atoms with Gasteiger partial charge in [-0.25, -0.2) is 13.8 Å². The zero-order valence-corrected chi connectivity index (χ0v) is 14.3. The summed E-state index contributed by atoms with van der Waals surface area (Å²) in [4.78, 5) is 16.5. The number of carbonyl (C=O) groups excluding carboxylic acids is 1. The van der Waals surface area contributed by atoms with Gasteiger partial charge in [-0.2, -0.15) is 0 Å². The lowest BCUT2D eigenvalue weighted by Gasteiger charge is -2.11. The third kappa shape index (κ3) is 3.72. The van der Waals surface area contributed by atoms with E-state index in [4.69, 9.17) is 4.74 Å². The van der Waals surface area contributed by atoms with Gasteiger partial charge in [0.2, 0.25) is 0 Å². The number of hydrogen-bond donors (Lipinski definition) is 1. The average molecular weight is 357 g/mol. The molecule has 2 aromatic carbocycles. The number of halogens is 2. The van der Waals surface area contributed by atoms with Gasteiger partial charge in [0.15, 0.2) is 11.6 Å². The summed E-state index contributed by atoms with van der Waals surface area (Å²) in [7, 11) is 1.52. The minimum atomic E-state index is -0.946. The van der Waals surface area contributed by atoms with Crippen molar-refractivity contribution in [3.05, 3.63) is 77.4 Å². The molecule has 0 atom stereocenters. The fraction of sp³-hybridized carbons (Fsp3) is 0.158. The number of nitrogens with zero attached hydrogens (tertiary/aromatic N) is 2. The maximum atomic E-state index is 13.2. The fourth-order valence-corrected chi connectivity index (χ4v) is 2.52. The predicted molar refractivity (Wildman–Crippen MR) is 92.4 cm³/mol. The Morgan fingerprint density at radius 1 is 1.19 bits per heavy atom. The SMILES string of the molecule is COc1cc(C(=O)NCc2ccc(F)c(F)c2)ccc1-n1cnc(C)c1. The van der Waals surface area contributed by atoms with Crippen molar-refractivity contribution in [1.82, 2.24) is 14.9 Å². The maximum absolute atomic E-state index is 13.2. The largest absolute Gasteiger partial charge is 0.495 e. The Balaban J connectivity index is 1.76. The van der Waals surface area contributed by atoms with Gasteiger partial charge in [0.25, 0.3) is 5.91 Å². The van der Waals surface area contributed by atoms with Crippen molar-refractivity contribution in [3.63, 3.8) is 0 Å². The summed E-state index contributed by atoms with van der Waals surface area (Å²) in [6, 6.07) is 8.54. The van der Waals surface area contributed by atoms with Gasteiger partial charge in [0.1, 0.15) is 5.75 Å². The predicted octanol–water partition coefficient (Wildman–Crippen LogP) is 3.40. The summed E-state index contributed by atoms with van der Waals surface area (Å²) in [5.74, 6) is -1.70. The van der Waals surface area contributed by atoms with Crippen molar-refractivity contribution in [2.75, 3.05) is 7.11 Å². The van der Waals surface area contributed by atoms with Crippen LogP contribution in [0, 0.1) is 18.6 Å². The number of benzene rings is 2. The van der Waals surface area contributed by atoms with E-state index in [1.807, 2.05) is 13.1 Å². The molecule has 0 saturated heterocycles. The van der Waals surface area contributed by atoms with Gasteiger partial charge in [0.05, 0.1) is 24.8 Å². The molecule has 0 aliphatic rings. The smallest absolute Gasteiger partial charge is 0.251 e. The van der Waals surface area contributed by atoms with Crippen LogP contribution in [0.25, 0.3) is 5.69 Å². The molecule has 7 heteroatoms. The highest BCUT2D eigenvalue weighted by Crippen LogP contribution is 2.24. The Hall–Kier alpha value is -3.22. The molecule has 1 heterocycles. The standard InChI is InChI=1S/C19H17F2N3O2/c1-12-10-24(11-23-12)17-6-4-14(8-18(17)26-2)19(25)22-9-13-3-5-15(20)16(21)7-13/h3-8,10-11H,9H2,1-2H3,(H,22,25). The number of aromatic nitrogens is 2. The van der Waals surface area contributed by atoms with Gasteiger partial charge < -0.3 is 14.6 Å². The van der Waals surface area contributed by atoms with Gasteiger partial charge in [-0.05, 0) is 42.8 Å². The van der Waals surface area contributed by atoms with E-state index in [-0.39, 0.29) is 12.5 Å². The molecule has 0 bridgehead atoms. The van der Waals surface area contributed by atoms with Crippen LogP contribution in [-0.2, 0) is 6.54 Å². The topological polar surface area (TPSA) is 56.1 Å². The summed E-state index contributed by atoms with van der Waals surface area (Å²) in [5.41, 5.74) is 2.48. The zero-order chi connectivity index (χ0) is 18.7. The molecule has 0 aliphatic heterocycles. The van der Waals surface area contributed by atoms with E-state index in [1.54, 1.807) is 29.1 Å². The Morgan fingerprint density at radius 3 is 2.65 bits per heavy atom. The molecule has 0 aliphatic carbocycles. The molecule has 0 spiro atoms. The first-order chi connectivity index (χ1) is 12.5. The van der Waals surface area contributed by atoms with Gasteiger partial charge in [-0.1, -0.05) is 6.07 Å². The third-order valence-corrected chi connectivity index (χ3v) is 3.87. The lowest BCUT2D eigenvalue weighted by Crippen LogP contribution is -2.23. The molecule has 0 unspecified atom stereocenters. The minimum Gasteiger partial charge on any atom is -0.495 e. The number of imidazole rings is 1. The van der Waals surface area contributed by atoms with Crippen molar-refractivity contribution in [1.29, 1.82) is 0 Å². The average Bonchev–Trinajstić information content (AvgIpc) is 3.08. The first-order valence-electron chi connectivity index (χ1n) is 7.89. The monoisotopic (exact) mass is 357 g/mol. The summed E-state index contributed by atoms with van der Waals surface area (Å²) in [6.07, 6.45) is 3.51. The van der Waals surface area contributed by atoms with Crippen LogP contribution in [0.5, 0.6) is 5.75 Å². The molecule has 3 aromatic rings. The van der Waals surface area contributed by atoms with Crippen LogP contribution in [0.2, 0.25) is 0 Å². The summed E-state index contributed by atoms with van der Waals surface area (Å²) >= 11 is 0. The quantitative estimate of drug-likeness (QED) is 0.761. The lowest BCUT2D eigenvalue weighted by molar-refractivity contribution is 0.0950. The highest BCUT2D eigenvalue weighted by Gasteiger charge is 2.12. The van der Waals surface area contributed by atoms with Gasteiger partial charge in [-0.3, -0.25) is 4.79 Å². The van der Waals surface area contributed by atoms with E-state index in [0.717, 1.165) is 23.5 Å². The Labute approximate surface area is 149 Å². The number of methoxy groups -OCH3 is 1. The molecular weight excluding hydrogens is 340 g/mol. The van der Waals surface area contributed by atoms with Gasteiger partial charge in [0, 0.05) is 18.3 Å². The van der Waals surface area contributed by atoms with Gasteiger partial charge in [-0.15, -0.1) is 0 Å². The number of aryl methyl sites for hydroxylation is 1. The van der Waals surface area contributed by atoms with Crippen molar-refractivity contribution >= 4 is 5.91 Å². The van der Waals surface area contributed by atoms with Crippen LogP contribution in [0.15, 0.2) is 48.9 Å². The highest BCUT2D eigenvalue weighted by molar-refractivity contribution is 5.95. The summed E-state index contributed by atoms with van der Waals surface area (Å²) < 4.78 is 33.3. The Bertz CT molecular complexity index is 954. The molecule has 134 valence electrons.